The van der Waals surface area contributed by atoms with Crippen LogP contribution in [0.5, 0.6) is 0 Å². The minimum atomic E-state index is -0.0655. The molecule has 0 radical (unpaired) electrons. The third-order valence-electron chi connectivity index (χ3n) is 2.72. The third kappa shape index (κ3) is 2.39. The summed E-state index contributed by atoms with van der Waals surface area (Å²) in [4.78, 5) is 16.5. The van der Waals surface area contributed by atoms with Crippen LogP contribution in [0.1, 0.15) is 5.69 Å². The molecule has 3 rings (SSSR count). The van der Waals surface area contributed by atoms with Gasteiger partial charge in [0.15, 0.2) is 0 Å². The Labute approximate surface area is 123 Å². The van der Waals surface area contributed by atoms with E-state index >= 15 is 0 Å². The number of halogens is 2. The molecule has 2 aromatic heterocycles. The number of aromatic nitrogens is 2. The van der Waals surface area contributed by atoms with Crippen LogP contribution < -0.4 is 5.56 Å². The summed E-state index contributed by atoms with van der Waals surface area (Å²) in [5, 5.41) is 1.45. The molecule has 0 N–H and O–H groups in total. The zero-order valence-corrected chi connectivity index (χ0v) is 12.0. The van der Waals surface area contributed by atoms with Gasteiger partial charge < -0.3 is 0 Å². The normalized spacial score (nSPS) is 11.1. The quantitative estimate of drug-likeness (QED) is 0.721. The molecule has 0 saturated carbocycles. The predicted molar refractivity (Wildman–Crippen MR) is 79.4 cm³/mol. The second kappa shape index (κ2) is 4.96. The van der Waals surface area contributed by atoms with Gasteiger partial charge in [-0.1, -0.05) is 40.8 Å². The summed E-state index contributed by atoms with van der Waals surface area (Å²) in [6.07, 6.45) is 1.71. The lowest BCUT2D eigenvalue weighted by Crippen LogP contribution is -2.14. The second-order valence-corrected chi connectivity index (χ2v) is 5.89. The molecule has 0 aliphatic carbocycles. The van der Waals surface area contributed by atoms with Gasteiger partial charge in [-0.05, 0) is 24.3 Å². The minimum Gasteiger partial charge on any atom is -0.268 e. The average molecular weight is 311 g/mol. The first-order valence-corrected chi connectivity index (χ1v) is 7.07. The number of pyridine rings is 1. The van der Waals surface area contributed by atoms with Crippen LogP contribution in [-0.4, -0.2) is 8.94 Å². The van der Waals surface area contributed by atoms with Gasteiger partial charge in [-0.25, -0.2) is 0 Å². The first-order chi connectivity index (χ1) is 9.15. The summed E-state index contributed by atoms with van der Waals surface area (Å²) < 4.78 is 2.48. The molecule has 0 saturated heterocycles. The molecule has 3 nitrogen and oxygen atoms in total. The second-order valence-electron chi connectivity index (χ2n) is 4.02. The van der Waals surface area contributed by atoms with E-state index in [1.807, 2.05) is 18.2 Å². The standard InChI is InChI=1S/C13H8Cl2N2OS/c14-10-5-9-12(6-11(10)15)19-17(13(9)18)7-8-3-1-2-4-16-8/h1-6H,7H2. The van der Waals surface area contributed by atoms with E-state index in [1.165, 1.54) is 11.5 Å². The number of nitrogens with zero attached hydrogens (tertiary/aromatic N) is 2. The van der Waals surface area contributed by atoms with Gasteiger partial charge in [-0.15, -0.1) is 0 Å². The van der Waals surface area contributed by atoms with E-state index in [0.29, 0.717) is 22.0 Å². The van der Waals surface area contributed by atoms with Crippen molar-refractivity contribution in [2.75, 3.05) is 0 Å². The summed E-state index contributed by atoms with van der Waals surface area (Å²) in [5.74, 6) is 0. The minimum absolute atomic E-state index is 0.0655. The number of hydrogen-bond acceptors (Lipinski definition) is 3. The van der Waals surface area contributed by atoms with Gasteiger partial charge in [0.05, 0.1) is 32.4 Å². The Morgan fingerprint density at radius 1 is 1.21 bits per heavy atom. The summed E-state index contributed by atoms with van der Waals surface area (Å²) in [6.45, 7) is 0.453. The summed E-state index contributed by atoms with van der Waals surface area (Å²) >= 11 is 13.3. The molecule has 0 amide bonds. The van der Waals surface area contributed by atoms with Crippen molar-refractivity contribution in [3.05, 3.63) is 62.6 Å². The average Bonchev–Trinajstić information content (AvgIpc) is 2.69. The fourth-order valence-electron chi connectivity index (χ4n) is 1.81. The van der Waals surface area contributed by atoms with Crippen molar-refractivity contribution in [3.8, 4) is 0 Å². The monoisotopic (exact) mass is 310 g/mol. The maximum atomic E-state index is 12.2. The van der Waals surface area contributed by atoms with Crippen LogP contribution in [0.25, 0.3) is 10.1 Å². The van der Waals surface area contributed by atoms with Gasteiger partial charge in [-0.3, -0.25) is 13.7 Å². The van der Waals surface area contributed by atoms with Gasteiger partial charge in [0.1, 0.15) is 0 Å². The van der Waals surface area contributed by atoms with Crippen LogP contribution in [-0.2, 0) is 6.54 Å². The molecule has 19 heavy (non-hydrogen) atoms. The van der Waals surface area contributed by atoms with Crippen LogP contribution in [0.2, 0.25) is 10.0 Å². The van der Waals surface area contributed by atoms with E-state index in [0.717, 1.165) is 10.4 Å². The molecule has 0 fully saturated rings. The Kier molecular flexibility index (Phi) is 3.31. The Bertz CT molecular complexity index is 796. The van der Waals surface area contributed by atoms with Crippen LogP contribution in [0, 0.1) is 0 Å². The zero-order valence-electron chi connectivity index (χ0n) is 9.64. The van der Waals surface area contributed by atoms with Crippen molar-refractivity contribution in [1.29, 1.82) is 0 Å². The van der Waals surface area contributed by atoms with E-state index in [1.54, 1.807) is 22.3 Å². The summed E-state index contributed by atoms with van der Waals surface area (Å²) in [6, 6.07) is 8.97. The molecule has 0 aliphatic rings. The highest BCUT2D eigenvalue weighted by Crippen LogP contribution is 2.28. The molecule has 6 heteroatoms. The van der Waals surface area contributed by atoms with E-state index in [-0.39, 0.29) is 5.56 Å². The van der Waals surface area contributed by atoms with Crippen LogP contribution >= 0.6 is 34.7 Å². The lowest BCUT2D eigenvalue weighted by Gasteiger charge is -1.98. The SMILES string of the molecule is O=c1c2cc(Cl)c(Cl)cc2sn1Cc1ccccn1. The molecule has 0 aliphatic heterocycles. The Morgan fingerprint density at radius 3 is 2.74 bits per heavy atom. The Morgan fingerprint density at radius 2 is 2.00 bits per heavy atom. The fraction of sp³-hybridized carbons (Fsp3) is 0.0769. The van der Waals surface area contributed by atoms with E-state index < -0.39 is 0 Å². The molecule has 0 atom stereocenters. The third-order valence-corrected chi connectivity index (χ3v) is 4.49. The molecule has 96 valence electrons. The predicted octanol–water partition coefficient (Wildman–Crippen LogP) is 3.81. The molecule has 0 bridgehead atoms. The van der Waals surface area contributed by atoms with Crippen LogP contribution in [0.15, 0.2) is 41.3 Å². The van der Waals surface area contributed by atoms with Crippen LogP contribution in [0.3, 0.4) is 0 Å². The van der Waals surface area contributed by atoms with E-state index in [9.17, 15) is 4.79 Å². The highest BCUT2D eigenvalue weighted by molar-refractivity contribution is 7.13. The van der Waals surface area contributed by atoms with Crippen molar-refractivity contribution in [2.45, 2.75) is 6.54 Å². The first-order valence-electron chi connectivity index (χ1n) is 5.54. The first kappa shape index (κ1) is 12.7. The molecule has 2 heterocycles. The molecule has 1 aromatic carbocycles. The lowest BCUT2D eigenvalue weighted by molar-refractivity contribution is 0.823. The topological polar surface area (TPSA) is 34.9 Å². The molecular formula is C13H8Cl2N2OS. The van der Waals surface area contributed by atoms with Crippen molar-refractivity contribution in [2.24, 2.45) is 0 Å². The maximum absolute atomic E-state index is 12.2. The Balaban J connectivity index is 2.11. The van der Waals surface area contributed by atoms with E-state index in [4.69, 9.17) is 23.2 Å². The molecule has 0 spiro atoms. The maximum Gasteiger partial charge on any atom is 0.268 e. The smallest absolute Gasteiger partial charge is 0.268 e. The molecule has 3 aromatic rings. The number of rotatable bonds is 2. The summed E-state index contributed by atoms with van der Waals surface area (Å²) in [7, 11) is 0. The number of hydrogen-bond donors (Lipinski definition) is 0. The van der Waals surface area contributed by atoms with Gasteiger partial charge >= 0.3 is 0 Å². The van der Waals surface area contributed by atoms with Crippen molar-refractivity contribution < 1.29 is 0 Å². The Hall–Kier alpha value is -1.36. The molecule has 0 unspecified atom stereocenters. The van der Waals surface area contributed by atoms with Gasteiger partial charge in [0.25, 0.3) is 5.56 Å². The van der Waals surface area contributed by atoms with Crippen LogP contribution in [0.4, 0.5) is 0 Å². The fourth-order valence-corrected chi connectivity index (χ4v) is 3.23. The summed E-state index contributed by atoms with van der Waals surface area (Å²) in [5.41, 5.74) is 0.776. The van der Waals surface area contributed by atoms with Gasteiger partial charge in [0, 0.05) is 6.20 Å². The highest BCUT2D eigenvalue weighted by atomic mass is 35.5. The van der Waals surface area contributed by atoms with Crippen molar-refractivity contribution in [1.82, 2.24) is 8.94 Å². The van der Waals surface area contributed by atoms with Gasteiger partial charge in [-0.2, -0.15) is 0 Å². The van der Waals surface area contributed by atoms with Gasteiger partial charge in [0.2, 0.25) is 0 Å². The van der Waals surface area contributed by atoms with Crippen molar-refractivity contribution in [3.63, 3.8) is 0 Å². The molecular weight excluding hydrogens is 303 g/mol. The zero-order chi connectivity index (χ0) is 13.4. The van der Waals surface area contributed by atoms with E-state index in [2.05, 4.69) is 4.98 Å². The lowest BCUT2D eigenvalue weighted by atomic mass is 10.3. The number of fused-ring (bicyclic) bond motifs is 1. The number of benzene rings is 1. The van der Waals surface area contributed by atoms with Crippen molar-refractivity contribution >= 4 is 44.8 Å². The highest BCUT2D eigenvalue weighted by Gasteiger charge is 2.11. The largest absolute Gasteiger partial charge is 0.268 e.